The molecule has 1 aromatic heterocycles. The standard InChI is InChI=1S/C15H19FN4O/c1-3-5-12-13(17)14(19-18-12)15(21)20(2)9-10-6-4-7-11(16)8-10/h4,6-8H,3,5,9,17H2,1-2H3,(H,18,19). The van der Waals surface area contributed by atoms with Gasteiger partial charge in [0.1, 0.15) is 5.82 Å². The molecule has 21 heavy (non-hydrogen) atoms. The van der Waals surface area contributed by atoms with Gasteiger partial charge in [0.15, 0.2) is 5.69 Å². The van der Waals surface area contributed by atoms with Gasteiger partial charge in [-0.1, -0.05) is 25.5 Å². The van der Waals surface area contributed by atoms with Gasteiger partial charge in [-0.05, 0) is 24.1 Å². The van der Waals surface area contributed by atoms with Gasteiger partial charge in [0, 0.05) is 13.6 Å². The molecule has 0 saturated heterocycles. The third-order valence-electron chi connectivity index (χ3n) is 3.24. The summed E-state index contributed by atoms with van der Waals surface area (Å²) in [5, 5.41) is 6.80. The Morgan fingerprint density at radius 1 is 1.48 bits per heavy atom. The minimum Gasteiger partial charge on any atom is -0.395 e. The van der Waals surface area contributed by atoms with Gasteiger partial charge in [-0.2, -0.15) is 5.10 Å². The molecule has 0 radical (unpaired) electrons. The molecule has 0 aliphatic carbocycles. The van der Waals surface area contributed by atoms with Crippen molar-refractivity contribution < 1.29 is 9.18 Å². The number of aromatic amines is 1. The van der Waals surface area contributed by atoms with Gasteiger partial charge in [0.05, 0.1) is 11.4 Å². The Morgan fingerprint density at radius 2 is 2.24 bits per heavy atom. The zero-order valence-electron chi connectivity index (χ0n) is 12.2. The van der Waals surface area contributed by atoms with E-state index in [1.807, 2.05) is 6.92 Å². The lowest BCUT2D eigenvalue weighted by molar-refractivity contribution is 0.0780. The van der Waals surface area contributed by atoms with E-state index in [1.165, 1.54) is 17.0 Å². The van der Waals surface area contributed by atoms with E-state index in [4.69, 9.17) is 5.73 Å². The quantitative estimate of drug-likeness (QED) is 0.887. The summed E-state index contributed by atoms with van der Waals surface area (Å²) in [5.41, 5.74) is 8.05. The highest BCUT2D eigenvalue weighted by atomic mass is 19.1. The molecule has 0 spiro atoms. The lowest BCUT2D eigenvalue weighted by Gasteiger charge is -2.16. The summed E-state index contributed by atoms with van der Waals surface area (Å²) < 4.78 is 13.2. The number of rotatable bonds is 5. The van der Waals surface area contributed by atoms with Gasteiger partial charge in [-0.3, -0.25) is 9.89 Å². The maximum atomic E-state index is 13.2. The zero-order chi connectivity index (χ0) is 15.4. The molecule has 2 rings (SSSR count). The first-order valence-corrected chi connectivity index (χ1v) is 6.85. The van der Waals surface area contributed by atoms with Crippen LogP contribution in [0.2, 0.25) is 0 Å². The van der Waals surface area contributed by atoms with E-state index in [1.54, 1.807) is 19.2 Å². The molecule has 1 heterocycles. The summed E-state index contributed by atoms with van der Waals surface area (Å²) in [5.74, 6) is -0.603. The van der Waals surface area contributed by atoms with Crippen molar-refractivity contribution in [1.29, 1.82) is 0 Å². The molecule has 0 saturated carbocycles. The normalized spacial score (nSPS) is 10.6. The van der Waals surface area contributed by atoms with E-state index in [0.717, 1.165) is 18.5 Å². The van der Waals surface area contributed by atoms with E-state index in [2.05, 4.69) is 10.2 Å². The van der Waals surface area contributed by atoms with Gasteiger partial charge >= 0.3 is 0 Å². The molecule has 0 bridgehead atoms. The smallest absolute Gasteiger partial charge is 0.276 e. The fourth-order valence-electron chi connectivity index (χ4n) is 2.15. The number of amides is 1. The number of nitrogens with zero attached hydrogens (tertiary/aromatic N) is 2. The van der Waals surface area contributed by atoms with E-state index >= 15 is 0 Å². The summed E-state index contributed by atoms with van der Waals surface area (Å²) in [6.07, 6.45) is 1.67. The molecule has 2 aromatic rings. The number of hydrogen-bond acceptors (Lipinski definition) is 3. The second kappa shape index (κ2) is 6.39. The summed E-state index contributed by atoms with van der Waals surface area (Å²) in [6.45, 7) is 2.32. The molecule has 3 N–H and O–H groups in total. The zero-order valence-corrected chi connectivity index (χ0v) is 12.2. The highest BCUT2D eigenvalue weighted by Crippen LogP contribution is 2.18. The highest BCUT2D eigenvalue weighted by Gasteiger charge is 2.20. The van der Waals surface area contributed by atoms with Crippen LogP contribution in [0, 0.1) is 5.82 Å². The topological polar surface area (TPSA) is 75.0 Å². The largest absolute Gasteiger partial charge is 0.395 e. The van der Waals surface area contributed by atoms with Crippen LogP contribution in [-0.4, -0.2) is 28.1 Å². The van der Waals surface area contributed by atoms with Crippen molar-refractivity contribution in [2.45, 2.75) is 26.3 Å². The molecule has 5 nitrogen and oxygen atoms in total. The number of benzene rings is 1. The minimum absolute atomic E-state index is 0.220. The maximum absolute atomic E-state index is 13.2. The van der Waals surface area contributed by atoms with E-state index in [0.29, 0.717) is 17.8 Å². The second-order valence-electron chi connectivity index (χ2n) is 5.01. The van der Waals surface area contributed by atoms with Crippen LogP contribution in [0.25, 0.3) is 0 Å². The van der Waals surface area contributed by atoms with Gasteiger partial charge in [-0.25, -0.2) is 4.39 Å². The molecule has 0 fully saturated rings. The Morgan fingerprint density at radius 3 is 2.90 bits per heavy atom. The Bertz CT molecular complexity index is 638. The Hall–Kier alpha value is -2.37. The molecule has 0 atom stereocenters. The lowest BCUT2D eigenvalue weighted by Crippen LogP contribution is -2.27. The van der Waals surface area contributed by atoms with Crippen molar-refractivity contribution >= 4 is 11.6 Å². The summed E-state index contributed by atoms with van der Waals surface area (Å²) in [7, 11) is 1.64. The molecular formula is C15H19FN4O. The molecular weight excluding hydrogens is 271 g/mol. The van der Waals surface area contributed by atoms with Gasteiger partial charge < -0.3 is 10.6 Å². The summed E-state index contributed by atoms with van der Waals surface area (Å²) in [6, 6.07) is 6.16. The number of carbonyl (C=O) groups is 1. The number of aryl methyl sites for hydroxylation is 1. The van der Waals surface area contributed by atoms with Crippen LogP contribution in [0.5, 0.6) is 0 Å². The second-order valence-corrected chi connectivity index (χ2v) is 5.01. The van der Waals surface area contributed by atoms with Crippen LogP contribution in [0.4, 0.5) is 10.1 Å². The lowest BCUT2D eigenvalue weighted by atomic mass is 10.2. The molecule has 0 aliphatic rings. The maximum Gasteiger partial charge on any atom is 0.276 e. The average Bonchev–Trinajstić information content (AvgIpc) is 2.80. The van der Waals surface area contributed by atoms with Crippen LogP contribution in [0.15, 0.2) is 24.3 Å². The van der Waals surface area contributed by atoms with Crippen molar-refractivity contribution in [2.75, 3.05) is 12.8 Å². The number of nitrogen functional groups attached to an aromatic ring is 1. The molecule has 112 valence electrons. The fraction of sp³-hybridized carbons (Fsp3) is 0.333. The average molecular weight is 290 g/mol. The molecule has 0 aliphatic heterocycles. The van der Waals surface area contributed by atoms with E-state index in [-0.39, 0.29) is 17.4 Å². The summed E-state index contributed by atoms with van der Waals surface area (Å²) >= 11 is 0. The Balaban J connectivity index is 2.12. The number of nitrogens with two attached hydrogens (primary N) is 1. The van der Waals surface area contributed by atoms with Crippen molar-refractivity contribution in [3.63, 3.8) is 0 Å². The van der Waals surface area contributed by atoms with Crippen LogP contribution in [-0.2, 0) is 13.0 Å². The number of H-pyrrole nitrogens is 1. The van der Waals surface area contributed by atoms with Crippen molar-refractivity contribution in [2.24, 2.45) is 0 Å². The molecule has 6 heteroatoms. The Kier molecular flexibility index (Phi) is 4.57. The first kappa shape index (κ1) is 15.0. The number of anilines is 1. The van der Waals surface area contributed by atoms with Gasteiger partial charge in [0.2, 0.25) is 0 Å². The highest BCUT2D eigenvalue weighted by molar-refractivity contribution is 5.97. The fourth-order valence-corrected chi connectivity index (χ4v) is 2.15. The van der Waals surface area contributed by atoms with Crippen molar-refractivity contribution in [1.82, 2.24) is 15.1 Å². The number of aromatic nitrogens is 2. The minimum atomic E-state index is -0.321. The number of nitrogens with one attached hydrogen (secondary N) is 1. The van der Waals surface area contributed by atoms with Gasteiger partial charge in [-0.15, -0.1) is 0 Å². The first-order chi connectivity index (χ1) is 10.0. The van der Waals surface area contributed by atoms with Crippen molar-refractivity contribution in [3.8, 4) is 0 Å². The predicted molar refractivity (Wildman–Crippen MR) is 79.2 cm³/mol. The number of hydrogen-bond donors (Lipinski definition) is 2. The third kappa shape index (κ3) is 3.39. The Labute approximate surface area is 123 Å². The van der Waals surface area contributed by atoms with Gasteiger partial charge in [0.25, 0.3) is 5.91 Å². The van der Waals surface area contributed by atoms with Crippen LogP contribution in [0.1, 0.15) is 35.1 Å². The van der Waals surface area contributed by atoms with Crippen molar-refractivity contribution in [3.05, 3.63) is 47.0 Å². The summed E-state index contributed by atoms with van der Waals surface area (Å²) in [4.78, 5) is 13.8. The van der Waals surface area contributed by atoms with Crippen LogP contribution in [0.3, 0.4) is 0 Å². The monoisotopic (exact) mass is 290 g/mol. The van der Waals surface area contributed by atoms with Crippen LogP contribution >= 0.6 is 0 Å². The molecule has 1 aromatic carbocycles. The number of carbonyl (C=O) groups excluding carboxylic acids is 1. The van der Waals surface area contributed by atoms with Crippen LogP contribution < -0.4 is 5.73 Å². The SMILES string of the molecule is CCCc1[nH]nc(C(=O)N(C)Cc2cccc(F)c2)c1N. The molecule has 1 amide bonds. The number of halogens is 1. The van der Waals surface area contributed by atoms with E-state index in [9.17, 15) is 9.18 Å². The predicted octanol–water partition coefficient (Wildman–Crippen LogP) is 2.36. The first-order valence-electron chi connectivity index (χ1n) is 6.85. The molecule has 0 unspecified atom stereocenters. The van der Waals surface area contributed by atoms with E-state index < -0.39 is 0 Å². The third-order valence-corrected chi connectivity index (χ3v) is 3.24.